The summed E-state index contributed by atoms with van der Waals surface area (Å²) in [7, 11) is 0. The van der Waals surface area contributed by atoms with E-state index in [0.29, 0.717) is 22.5 Å². The van der Waals surface area contributed by atoms with Gasteiger partial charge in [-0.25, -0.2) is 0 Å². The van der Waals surface area contributed by atoms with E-state index in [2.05, 4.69) is 16.0 Å². The molecule has 0 unspecified atom stereocenters. The molecule has 1 aliphatic heterocycles. The van der Waals surface area contributed by atoms with Crippen molar-refractivity contribution in [1.29, 1.82) is 0 Å². The molecule has 0 bridgehead atoms. The Balaban J connectivity index is 1.60. The molecule has 0 saturated carbocycles. The number of Topliss-reactive ketones (excluding diaryl/α,β-unsaturated/α-hetero) is 1. The molecule has 0 radical (unpaired) electrons. The van der Waals surface area contributed by atoms with E-state index in [0.717, 1.165) is 0 Å². The summed E-state index contributed by atoms with van der Waals surface area (Å²) < 4.78 is 0. The van der Waals surface area contributed by atoms with Crippen molar-refractivity contribution in [2.75, 3.05) is 10.6 Å². The van der Waals surface area contributed by atoms with Crippen molar-refractivity contribution in [3.63, 3.8) is 0 Å². The number of ketones is 1. The Morgan fingerprint density at radius 1 is 1.07 bits per heavy atom. The predicted octanol–water partition coefficient (Wildman–Crippen LogP) is 2.36. The third kappa shape index (κ3) is 4.38. The number of para-hydroxylation sites is 1. The number of anilines is 2. The van der Waals surface area contributed by atoms with Crippen LogP contribution in [0.4, 0.5) is 11.4 Å². The summed E-state index contributed by atoms with van der Waals surface area (Å²) in [6.07, 6.45) is 0.197. The molecular weight excluding hydrogens is 346 g/mol. The second kappa shape index (κ2) is 7.82. The number of carbonyl (C=O) groups is 4. The Morgan fingerprint density at radius 3 is 2.63 bits per heavy atom. The fraction of sp³-hybridized carbons (Fsp3) is 0.200. The van der Waals surface area contributed by atoms with Crippen LogP contribution in [0.5, 0.6) is 0 Å². The highest BCUT2D eigenvalue weighted by molar-refractivity contribution is 6.10. The molecule has 1 heterocycles. The van der Waals surface area contributed by atoms with Crippen molar-refractivity contribution in [2.24, 2.45) is 0 Å². The maximum Gasteiger partial charge on any atom is 0.254 e. The second-order valence-corrected chi connectivity index (χ2v) is 6.28. The van der Waals surface area contributed by atoms with Crippen LogP contribution in [0.2, 0.25) is 0 Å². The first-order valence-electron chi connectivity index (χ1n) is 8.55. The minimum Gasteiger partial charge on any atom is -0.340 e. The smallest absolute Gasteiger partial charge is 0.254 e. The second-order valence-electron chi connectivity index (χ2n) is 6.28. The van der Waals surface area contributed by atoms with Crippen molar-refractivity contribution in [1.82, 2.24) is 5.32 Å². The van der Waals surface area contributed by atoms with Gasteiger partial charge >= 0.3 is 0 Å². The fourth-order valence-corrected chi connectivity index (χ4v) is 2.83. The van der Waals surface area contributed by atoms with E-state index in [-0.39, 0.29) is 36.3 Å². The van der Waals surface area contributed by atoms with Crippen LogP contribution >= 0.6 is 0 Å². The van der Waals surface area contributed by atoms with Crippen LogP contribution in [-0.4, -0.2) is 29.5 Å². The van der Waals surface area contributed by atoms with Crippen molar-refractivity contribution in [3.8, 4) is 0 Å². The van der Waals surface area contributed by atoms with Crippen molar-refractivity contribution in [3.05, 3.63) is 59.7 Å². The SMILES string of the molecule is CC(=O)c1cccc(NC(=O)CC[C@@H]2NC(=O)c3ccccc3NC2=O)c1. The summed E-state index contributed by atoms with van der Waals surface area (Å²) in [5.74, 6) is -1.12. The molecule has 1 aliphatic rings. The van der Waals surface area contributed by atoms with E-state index in [1.165, 1.54) is 6.92 Å². The maximum absolute atomic E-state index is 12.3. The summed E-state index contributed by atoms with van der Waals surface area (Å²) in [6, 6.07) is 12.6. The molecule has 3 N–H and O–H groups in total. The quantitative estimate of drug-likeness (QED) is 0.708. The monoisotopic (exact) mass is 365 g/mol. The molecular formula is C20H19N3O4. The molecule has 7 heteroatoms. The van der Waals surface area contributed by atoms with Gasteiger partial charge in [0.05, 0.1) is 11.3 Å². The lowest BCUT2D eigenvalue weighted by Crippen LogP contribution is -2.41. The number of amides is 3. The van der Waals surface area contributed by atoms with Gasteiger partial charge in [0.15, 0.2) is 5.78 Å². The van der Waals surface area contributed by atoms with Crippen LogP contribution in [-0.2, 0) is 9.59 Å². The van der Waals surface area contributed by atoms with Crippen molar-refractivity contribution < 1.29 is 19.2 Å². The van der Waals surface area contributed by atoms with E-state index in [4.69, 9.17) is 0 Å². The Labute approximate surface area is 156 Å². The van der Waals surface area contributed by atoms with E-state index < -0.39 is 6.04 Å². The molecule has 0 spiro atoms. The summed E-state index contributed by atoms with van der Waals surface area (Å²) in [4.78, 5) is 48.2. The summed E-state index contributed by atoms with van der Waals surface area (Å²) >= 11 is 0. The van der Waals surface area contributed by atoms with Gasteiger partial charge in [-0.05, 0) is 37.6 Å². The summed E-state index contributed by atoms with van der Waals surface area (Å²) in [5, 5.41) is 8.06. The van der Waals surface area contributed by atoms with Gasteiger partial charge in [0.2, 0.25) is 11.8 Å². The predicted molar refractivity (Wildman–Crippen MR) is 101 cm³/mol. The molecule has 7 nitrogen and oxygen atoms in total. The number of rotatable bonds is 5. The van der Waals surface area contributed by atoms with E-state index in [1.807, 2.05) is 0 Å². The minimum atomic E-state index is -0.806. The average molecular weight is 365 g/mol. The molecule has 0 aliphatic carbocycles. The summed E-state index contributed by atoms with van der Waals surface area (Å²) in [6.45, 7) is 1.45. The van der Waals surface area contributed by atoms with Gasteiger partial charge in [-0.2, -0.15) is 0 Å². The highest BCUT2D eigenvalue weighted by atomic mass is 16.2. The first kappa shape index (κ1) is 18.3. The lowest BCUT2D eigenvalue weighted by atomic mass is 10.1. The van der Waals surface area contributed by atoms with Crippen molar-refractivity contribution in [2.45, 2.75) is 25.8 Å². The van der Waals surface area contributed by atoms with Gasteiger partial charge in [0.25, 0.3) is 5.91 Å². The highest BCUT2D eigenvalue weighted by Crippen LogP contribution is 2.19. The third-order valence-corrected chi connectivity index (χ3v) is 4.26. The van der Waals surface area contributed by atoms with Crippen LogP contribution in [0, 0.1) is 0 Å². The van der Waals surface area contributed by atoms with Gasteiger partial charge in [0, 0.05) is 17.7 Å². The van der Waals surface area contributed by atoms with E-state index in [9.17, 15) is 19.2 Å². The molecule has 0 fully saturated rings. The zero-order chi connectivity index (χ0) is 19.4. The van der Waals surface area contributed by atoms with Crippen LogP contribution in [0.1, 0.15) is 40.5 Å². The van der Waals surface area contributed by atoms with Gasteiger partial charge in [-0.15, -0.1) is 0 Å². The maximum atomic E-state index is 12.3. The normalized spacial score (nSPS) is 15.8. The Morgan fingerprint density at radius 2 is 1.85 bits per heavy atom. The highest BCUT2D eigenvalue weighted by Gasteiger charge is 2.27. The average Bonchev–Trinajstić information content (AvgIpc) is 2.76. The number of hydrogen-bond donors (Lipinski definition) is 3. The zero-order valence-electron chi connectivity index (χ0n) is 14.7. The standard InChI is InChI=1S/C20H19N3O4/c1-12(24)13-5-4-6-14(11-13)21-18(25)10-9-17-20(27)22-16-8-3-2-7-15(16)19(26)23-17/h2-8,11,17H,9-10H2,1H3,(H,21,25)(H,22,27)(H,23,26)/t17-/m0/s1. The minimum absolute atomic E-state index is 0.0407. The van der Waals surface area contributed by atoms with Gasteiger partial charge in [-0.1, -0.05) is 24.3 Å². The third-order valence-electron chi connectivity index (χ3n) is 4.26. The lowest BCUT2D eigenvalue weighted by Gasteiger charge is -2.14. The van der Waals surface area contributed by atoms with E-state index >= 15 is 0 Å². The van der Waals surface area contributed by atoms with Crippen LogP contribution in [0.25, 0.3) is 0 Å². The molecule has 0 aromatic heterocycles. The van der Waals surface area contributed by atoms with E-state index in [1.54, 1.807) is 48.5 Å². The van der Waals surface area contributed by atoms with Gasteiger partial charge in [0.1, 0.15) is 6.04 Å². The van der Waals surface area contributed by atoms with Crippen LogP contribution in [0.3, 0.4) is 0 Å². The largest absolute Gasteiger partial charge is 0.340 e. The van der Waals surface area contributed by atoms with Gasteiger partial charge in [-0.3, -0.25) is 19.2 Å². The Kier molecular flexibility index (Phi) is 5.30. The Hall–Kier alpha value is -3.48. The molecule has 3 rings (SSSR count). The van der Waals surface area contributed by atoms with Crippen LogP contribution < -0.4 is 16.0 Å². The molecule has 138 valence electrons. The molecule has 0 saturated heterocycles. The first-order chi connectivity index (χ1) is 12.9. The number of benzene rings is 2. The summed E-state index contributed by atoms with van der Waals surface area (Å²) in [5.41, 5.74) is 1.85. The molecule has 3 amide bonds. The van der Waals surface area contributed by atoms with Crippen molar-refractivity contribution >= 4 is 34.9 Å². The van der Waals surface area contributed by atoms with Crippen LogP contribution in [0.15, 0.2) is 48.5 Å². The fourth-order valence-electron chi connectivity index (χ4n) is 2.83. The first-order valence-corrected chi connectivity index (χ1v) is 8.55. The molecule has 2 aromatic carbocycles. The number of carbonyl (C=O) groups excluding carboxylic acids is 4. The molecule has 1 atom stereocenters. The number of fused-ring (bicyclic) bond motifs is 1. The molecule has 27 heavy (non-hydrogen) atoms. The number of hydrogen-bond acceptors (Lipinski definition) is 4. The zero-order valence-corrected chi connectivity index (χ0v) is 14.7. The Bertz CT molecular complexity index is 923. The molecule has 2 aromatic rings. The topological polar surface area (TPSA) is 104 Å². The lowest BCUT2D eigenvalue weighted by molar-refractivity contribution is -0.118. The number of nitrogens with one attached hydrogen (secondary N) is 3. The van der Waals surface area contributed by atoms with Gasteiger partial charge < -0.3 is 16.0 Å².